The Hall–Kier alpha value is -0.240. The predicted octanol–water partition coefficient (Wildman–Crippen LogP) is 5.05. The Morgan fingerprint density at radius 1 is 1.19 bits per heavy atom. The van der Waals surface area contributed by atoms with Crippen molar-refractivity contribution in [3.8, 4) is 0 Å². The Morgan fingerprint density at radius 3 is 2.38 bits per heavy atom. The summed E-state index contributed by atoms with van der Waals surface area (Å²) in [7, 11) is 0. The van der Waals surface area contributed by atoms with E-state index in [0.29, 0.717) is 0 Å². The maximum atomic E-state index is 6.34. The van der Waals surface area contributed by atoms with Crippen molar-refractivity contribution in [2.45, 2.75) is 17.2 Å². The highest BCUT2D eigenvalue weighted by Crippen LogP contribution is 2.43. The van der Waals surface area contributed by atoms with Crippen LogP contribution >= 0.6 is 39.1 Å². The zero-order valence-corrected chi connectivity index (χ0v) is 11.9. The third kappa shape index (κ3) is 1.97. The van der Waals surface area contributed by atoms with E-state index in [4.69, 9.17) is 23.2 Å². The highest BCUT2D eigenvalue weighted by Gasteiger charge is 2.37. The van der Waals surface area contributed by atoms with E-state index in [1.54, 1.807) is 0 Å². The molecule has 0 saturated carbocycles. The molecule has 0 fully saturated rings. The summed E-state index contributed by atoms with van der Waals surface area (Å²) in [5.41, 5.74) is 0.935. The smallest absolute Gasteiger partial charge is 0.0472 e. The molecule has 1 aromatic carbocycles. The standard InChI is InChI=1S/C13H11BrCl2/c1-13(9-5-7-10(15)8-6-9)11(14)3-2-4-12(13)16/h2-8,11H,1H3. The summed E-state index contributed by atoms with van der Waals surface area (Å²) in [4.78, 5) is 0.193. The molecule has 84 valence electrons. The van der Waals surface area contributed by atoms with E-state index >= 15 is 0 Å². The summed E-state index contributed by atoms with van der Waals surface area (Å²) in [6.45, 7) is 2.12. The van der Waals surface area contributed by atoms with Crippen molar-refractivity contribution in [3.63, 3.8) is 0 Å². The molecule has 0 N–H and O–H groups in total. The first kappa shape index (κ1) is 12.2. The van der Waals surface area contributed by atoms with E-state index in [1.807, 2.05) is 36.4 Å². The van der Waals surface area contributed by atoms with E-state index in [1.165, 1.54) is 0 Å². The maximum absolute atomic E-state index is 6.34. The van der Waals surface area contributed by atoms with Gasteiger partial charge in [-0.2, -0.15) is 0 Å². The molecule has 1 aliphatic carbocycles. The fraction of sp³-hybridized carbons (Fsp3) is 0.231. The third-order valence-corrected chi connectivity index (χ3v) is 5.01. The van der Waals surface area contributed by atoms with Crippen LogP contribution in [0, 0.1) is 0 Å². The van der Waals surface area contributed by atoms with Gasteiger partial charge in [0.05, 0.1) is 0 Å². The second-order valence-electron chi connectivity index (χ2n) is 4.01. The van der Waals surface area contributed by atoms with Crippen LogP contribution in [-0.4, -0.2) is 4.83 Å². The van der Waals surface area contributed by atoms with E-state index in [2.05, 4.69) is 28.9 Å². The lowest BCUT2D eigenvalue weighted by Crippen LogP contribution is -2.33. The predicted molar refractivity (Wildman–Crippen MR) is 74.6 cm³/mol. The van der Waals surface area contributed by atoms with Gasteiger partial charge in [-0.05, 0) is 30.7 Å². The minimum atomic E-state index is -0.221. The fourth-order valence-corrected chi connectivity index (χ4v) is 3.07. The molecule has 0 aromatic heterocycles. The Kier molecular flexibility index (Phi) is 3.48. The van der Waals surface area contributed by atoms with Crippen molar-refractivity contribution in [3.05, 3.63) is 58.1 Å². The number of allylic oxidation sites excluding steroid dienone is 4. The average molecular weight is 318 g/mol. The van der Waals surface area contributed by atoms with Gasteiger partial charge in [-0.15, -0.1) is 0 Å². The Labute approximate surface area is 114 Å². The number of halogens is 3. The Balaban J connectivity index is 2.49. The number of benzene rings is 1. The summed E-state index contributed by atoms with van der Waals surface area (Å²) >= 11 is 15.9. The molecule has 16 heavy (non-hydrogen) atoms. The number of alkyl halides is 1. The Morgan fingerprint density at radius 2 is 1.81 bits per heavy atom. The second kappa shape index (κ2) is 4.56. The molecule has 0 amide bonds. The van der Waals surface area contributed by atoms with Crippen LogP contribution in [0.3, 0.4) is 0 Å². The van der Waals surface area contributed by atoms with Crippen molar-refractivity contribution in [2.75, 3.05) is 0 Å². The summed E-state index contributed by atoms with van der Waals surface area (Å²) in [6, 6.07) is 7.83. The molecular weight excluding hydrogens is 307 g/mol. The molecule has 2 unspecified atom stereocenters. The molecular formula is C13H11BrCl2. The number of hydrogen-bond acceptors (Lipinski definition) is 0. The van der Waals surface area contributed by atoms with Crippen molar-refractivity contribution < 1.29 is 0 Å². The van der Waals surface area contributed by atoms with Crippen LogP contribution in [0.5, 0.6) is 0 Å². The van der Waals surface area contributed by atoms with Gasteiger partial charge in [0.25, 0.3) is 0 Å². The molecule has 0 nitrogen and oxygen atoms in total. The first-order chi connectivity index (χ1) is 7.55. The molecule has 2 atom stereocenters. The second-order valence-corrected chi connectivity index (χ2v) is 5.84. The van der Waals surface area contributed by atoms with Crippen LogP contribution in [0.25, 0.3) is 0 Å². The van der Waals surface area contributed by atoms with Crippen LogP contribution < -0.4 is 0 Å². The minimum absolute atomic E-state index is 0.193. The van der Waals surface area contributed by atoms with Crippen LogP contribution in [0.2, 0.25) is 5.02 Å². The summed E-state index contributed by atoms with van der Waals surface area (Å²) in [6.07, 6.45) is 6.01. The lowest BCUT2D eigenvalue weighted by atomic mass is 9.77. The molecule has 0 saturated heterocycles. The molecule has 1 aliphatic rings. The molecule has 0 radical (unpaired) electrons. The van der Waals surface area contributed by atoms with Crippen molar-refractivity contribution in [2.24, 2.45) is 0 Å². The summed E-state index contributed by atoms with van der Waals surface area (Å²) in [5, 5.41) is 1.57. The summed E-state index contributed by atoms with van der Waals surface area (Å²) in [5.74, 6) is 0. The third-order valence-electron chi connectivity index (χ3n) is 3.01. The molecule has 1 aromatic rings. The molecule has 0 spiro atoms. The highest BCUT2D eigenvalue weighted by atomic mass is 79.9. The fourth-order valence-electron chi connectivity index (χ4n) is 1.83. The highest BCUT2D eigenvalue weighted by molar-refractivity contribution is 9.09. The van der Waals surface area contributed by atoms with Gasteiger partial charge in [0.2, 0.25) is 0 Å². The number of hydrogen-bond donors (Lipinski definition) is 0. The van der Waals surface area contributed by atoms with Crippen molar-refractivity contribution >= 4 is 39.1 Å². The molecule has 0 bridgehead atoms. The van der Waals surface area contributed by atoms with Crippen LogP contribution in [-0.2, 0) is 5.41 Å². The lowest BCUT2D eigenvalue weighted by Gasteiger charge is -2.35. The maximum Gasteiger partial charge on any atom is 0.0472 e. The van der Waals surface area contributed by atoms with Gasteiger partial charge < -0.3 is 0 Å². The van der Waals surface area contributed by atoms with Gasteiger partial charge in [0, 0.05) is 20.3 Å². The van der Waals surface area contributed by atoms with Gasteiger partial charge >= 0.3 is 0 Å². The van der Waals surface area contributed by atoms with E-state index in [0.717, 1.165) is 15.6 Å². The summed E-state index contributed by atoms with van der Waals surface area (Å²) < 4.78 is 0. The van der Waals surface area contributed by atoms with Gasteiger partial charge in [-0.1, -0.05) is 63.4 Å². The first-order valence-electron chi connectivity index (χ1n) is 4.99. The quantitative estimate of drug-likeness (QED) is 0.635. The van der Waals surface area contributed by atoms with Gasteiger partial charge in [0.15, 0.2) is 0 Å². The van der Waals surface area contributed by atoms with Crippen LogP contribution in [0.15, 0.2) is 47.5 Å². The monoisotopic (exact) mass is 316 g/mol. The van der Waals surface area contributed by atoms with Crippen LogP contribution in [0.1, 0.15) is 12.5 Å². The Bertz CT molecular complexity index is 448. The zero-order valence-electron chi connectivity index (χ0n) is 8.75. The lowest BCUT2D eigenvalue weighted by molar-refractivity contribution is 0.607. The number of rotatable bonds is 1. The minimum Gasteiger partial charge on any atom is -0.0881 e. The van der Waals surface area contributed by atoms with Gasteiger partial charge in [0.1, 0.15) is 0 Å². The SMILES string of the molecule is CC1(c2ccc(Cl)cc2)C(Cl)=CC=CC1Br. The first-order valence-corrected chi connectivity index (χ1v) is 6.67. The average Bonchev–Trinajstić information content (AvgIpc) is 2.27. The molecule has 3 heteroatoms. The van der Waals surface area contributed by atoms with E-state index in [-0.39, 0.29) is 10.2 Å². The molecule has 0 aliphatic heterocycles. The molecule has 0 heterocycles. The van der Waals surface area contributed by atoms with Gasteiger partial charge in [-0.3, -0.25) is 0 Å². The van der Waals surface area contributed by atoms with Gasteiger partial charge in [-0.25, -0.2) is 0 Å². The normalized spacial score (nSPS) is 29.0. The van der Waals surface area contributed by atoms with Crippen molar-refractivity contribution in [1.29, 1.82) is 0 Å². The topological polar surface area (TPSA) is 0 Å². The molecule has 2 rings (SSSR count). The van der Waals surface area contributed by atoms with Crippen molar-refractivity contribution in [1.82, 2.24) is 0 Å². The van der Waals surface area contributed by atoms with Crippen LogP contribution in [0.4, 0.5) is 0 Å². The van der Waals surface area contributed by atoms with E-state index < -0.39 is 0 Å². The van der Waals surface area contributed by atoms with E-state index in [9.17, 15) is 0 Å². The largest absolute Gasteiger partial charge is 0.0881 e. The zero-order chi connectivity index (χ0) is 11.8.